The van der Waals surface area contributed by atoms with Crippen molar-refractivity contribution in [3.05, 3.63) is 77.2 Å². The van der Waals surface area contributed by atoms with E-state index < -0.39 is 39.7 Å². The van der Waals surface area contributed by atoms with Gasteiger partial charge in [-0.15, -0.1) is 0 Å². The number of aromatic nitrogens is 1. The maximum absolute atomic E-state index is 13.8. The average Bonchev–Trinajstić information content (AvgIpc) is 3.27. The van der Waals surface area contributed by atoms with Crippen molar-refractivity contribution >= 4 is 21.9 Å². The normalized spacial score (nSPS) is 13.2. The predicted octanol–water partition coefficient (Wildman–Crippen LogP) is 2.78. The van der Waals surface area contributed by atoms with Gasteiger partial charge in [0.1, 0.15) is 23.6 Å². The van der Waals surface area contributed by atoms with Gasteiger partial charge in [-0.1, -0.05) is 26.0 Å². The lowest BCUT2D eigenvalue weighted by Gasteiger charge is -2.25. The van der Waals surface area contributed by atoms with Crippen LogP contribution in [0.15, 0.2) is 53.1 Å². The Bertz CT molecular complexity index is 1360. The molecule has 3 rings (SSSR count). The molecule has 1 heterocycles. The number of aliphatic hydroxyl groups is 1. The second kappa shape index (κ2) is 14.2. The Morgan fingerprint density at radius 2 is 1.85 bits per heavy atom. The molecule has 218 valence electrons. The molecule has 10 nitrogen and oxygen atoms in total. The SMILES string of the molecule is COc1cccc(CNC[C@@H](O)[C@H](Cc2cc(F)cc(F)c2)NC(=O)Cc2coc(NS(=O)(=O)CC(C)C)n2)c1. The summed E-state index contributed by atoms with van der Waals surface area (Å²) in [6, 6.07) is 9.17. The number of carbonyl (C=O) groups excluding carboxylic acids is 1. The number of oxazole rings is 1. The van der Waals surface area contributed by atoms with Gasteiger partial charge >= 0.3 is 6.01 Å². The minimum atomic E-state index is -3.67. The lowest BCUT2D eigenvalue weighted by molar-refractivity contribution is -0.122. The fourth-order valence-corrected chi connectivity index (χ4v) is 5.35. The molecule has 13 heteroatoms. The van der Waals surface area contributed by atoms with Gasteiger partial charge in [-0.05, 0) is 47.7 Å². The predicted molar refractivity (Wildman–Crippen MR) is 145 cm³/mol. The van der Waals surface area contributed by atoms with Crippen LogP contribution in [0.5, 0.6) is 5.75 Å². The molecule has 3 aromatic rings. The van der Waals surface area contributed by atoms with Crippen LogP contribution in [0.2, 0.25) is 0 Å². The summed E-state index contributed by atoms with van der Waals surface area (Å²) < 4.78 is 64.4. The van der Waals surface area contributed by atoms with E-state index in [9.17, 15) is 27.1 Å². The fourth-order valence-electron chi connectivity index (χ4n) is 4.03. The van der Waals surface area contributed by atoms with Crippen molar-refractivity contribution in [2.75, 3.05) is 24.1 Å². The third-order valence-electron chi connectivity index (χ3n) is 5.69. The van der Waals surface area contributed by atoms with Crippen LogP contribution in [-0.2, 0) is 34.2 Å². The van der Waals surface area contributed by atoms with Crippen LogP contribution in [0.25, 0.3) is 0 Å². The van der Waals surface area contributed by atoms with Gasteiger partial charge in [0, 0.05) is 19.2 Å². The van der Waals surface area contributed by atoms with Gasteiger partial charge in [-0.3, -0.25) is 4.79 Å². The smallest absolute Gasteiger partial charge is 0.308 e. The minimum absolute atomic E-state index is 0.0541. The summed E-state index contributed by atoms with van der Waals surface area (Å²) in [5.41, 5.74) is 1.31. The third kappa shape index (κ3) is 10.2. The molecule has 4 N–H and O–H groups in total. The number of rotatable bonds is 15. The van der Waals surface area contributed by atoms with Gasteiger partial charge in [0.15, 0.2) is 0 Å². The number of carbonyl (C=O) groups is 1. The van der Waals surface area contributed by atoms with E-state index in [1.807, 2.05) is 18.2 Å². The summed E-state index contributed by atoms with van der Waals surface area (Å²) in [4.78, 5) is 16.8. The molecule has 0 bridgehead atoms. The zero-order chi connectivity index (χ0) is 29.3. The molecule has 1 amide bonds. The average molecular weight is 581 g/mol. The number of nitrogens with one attached hydrogen (secondary N) is 3. The lowest BCUT2D eigenvalue weighted by Crippen LogP contribution is -2.49. The highest BCUT2D eigenvalue weighted by molar-refractivity contribution is 7.92. The molecule has 0 aliphatic carbocycles. The number of nitrogens with zero attached hydrogens (tertiary/aromatic N) is 1. The molecule has 0 aliphatic rings. The number of sulfonamides is 1. The molecule has 0 saturated heterocycles. The molecule has 1 aromatic heterocycles. The largest absolute Gasteiger partial charge is 0.497 e. The van der Waals surface area contributed by atoms with Crippen molar-refractivity contribution < 1.29 is 36.3 Å². The van der Waals surface area contributed by atoms with E-state index in [-0.39, 0.29) is 48.3 Å². The number of amides is 1. The molecule has 0 unspecified atom stereocenters. The topological polar surface area (TPSA) is 143 Å². The number of ether oxygens (including phenoxy) is 1. The fraction of sp³-hybridized carbons (Fsp3) is 0.407. The summed E-state index contributed by atoms with van der Waals surface area (Å²) >= 11 is 0. The molecule has 2 aromatic carbocycles. The maximum atomic E-state index is 13.8. The van der Waals surface area contributed by atoms with Crippen molar-refractivity contribution in [1.82, 2.24) is 15.6 Å². The Hall–Kier alpha value is -3.55. The van der Waals surface area contributed by atoms with Gasteiger partial charge in [0.2, 0.25) is 15.9 Å². The summed E-state index contributed by atoms with van der Waals surface area (Å²) in [6.07, 6.45) is -0.318. The Kier molecular flexibility index (Phi) is 11.0. The van der Waals surface area contributed by atoms with E-state index in [2.05, 4.69) is 20.3 Å². The second-order valence-corrected chi connectivity index (χ2v) is 11.6. The summed E-state index contributed by atoms with van der Waals surface area (Å²) in [5, 5.41) is 16.7. The number of hydrogen-bond donors (Lipinski definition) is 4. The highest BCUT2D eigenvalue weighted by atomic mass is 32.2. The van der Waals surface area contributed by atoms with E-state index in [0.717, 1.165) is 30.0 Å². The standard InChI is InChI=1S/C27H34F2N4O6S/c1-17(2)16-40(36,37)33-27-31-22(15-39-27)12-26(35)32-24(10-19-7-20(28)11-21(29)8-19)25(34)14-30-13-18-5-4-6-23(9-18)38-3/h4-9,11,15,17,24-25,30,34H,10,12-14,16H2,1-3H3,(H,31,33)(H,32,35)/t24-,25+/m0/s1. The van der Waals surface area contributed by atoms with Crippen molar-refractivity contribution in [3.8, 4) is 5.75 Å². The number of halogens is 2. The van der Waals surface area contributed by atoms with Crippen LogP contribution in [0.4, 0.5) is 14.8 Å². The van der Waals surface area contributed by atoms with Gasteiger partial charge in [0.25, 0.3) is 0 Å². The first-order chi connectivity index (χ1) is 18.9. The minimum Gasteiger partial charge on any atom is -0.497 e. The summed E-state index contributed by atoms with van der Waals surface area (Å²) in [6.45, 7) is 3.97. The molecular weight excluding hydrogens is 546 g/mol. The number of methoxy groups -OCH3 is 1. The van der Waals surface area contributed by atoms with Crippen molar-refractivity contribution in [3.63, 3.8) is 0 Å². The van der Waals surface area contributed by atoms with Gasteiger partial charge in [0.05, 0.1) is 37.1 Å². The summed E-state index contributed by atoms with van der Waals surface area (Å²) in [7, 11) is -2.11. The Balaban J connectivity index is 1.65. The van der Waals surface area contributed by atoms with Crippen molar-refractivity contribution in [2.45, 2.75) is 45.4 Å². The molecule has 0 spiro atoms. The van der Waals surface area contributed by atoms with Crippen LogP contribution < -0.4 is 20.1 Å². The van der Waals surface area contributed by atoms with E-state index >= 15 is 0 Å². The van der Waals surface area contributed by atoms with Crippen LogP contribution in [-0.4, -0.2) is 56.0 Å². The molecular formula is C27H34F2N4O6S. The summed E-state index contributed by atoms with van der Waals surface area (Å²) in [5.74, 6) is -1.67. The molecule has 0 radical (unpaired) electrons. The van der Waals surface area contributed by atoms with Crippen LogP contribution in [0.1, 0.15) is 30.7 Å². The highest BCUT2D eigenvalue weighted by Crippen LogP contribution is 2.15. The second-order valence-electron chi connectivity index (χ2n) is 9.80. The van der Waals surface area contributed by atoms with Gasteiger partial charge in [-0.25, -0.2) is 21.9 Å². The van der Waals surface area contributed by atoms with Crippen LogP contribution in [0.3, 0.4) is 0 Å². The zero-order valence-electron chi connectivity index (χ0n) is 22.5. The van der Waals surface area contributed by atoms with Crippen molar-refractivity contribution in [2.24, 2.45) is 5.92 Å². The maximum Gasteiger partial charge on any atom is 0.308 e. The first kappa shape index (κ1) is 31.0. The van der Waals surface area contributed by atoms with E-state index in [1.54, 1.807) is 27.0 Å². The van der Waals surface area contributed by atoms with E-state index in [4.69, 9.17) is 9.15 Å². The van der Waals surface area contributed by atoms with E-state index in [1.165, 1.54) is 0 Å². The third-order valence-corrected chi connectivity index (χ3v) is 7.29. The van der Waals surface area contributed by atoms with Gasteiger partial charge < -0.3 is 24.9 Å². The Morgan fingerprint density at radius 1 is 1.12 bits per heavy atom. The first-order valence-electron chi connectivity index (χ1n) is 12.6. The van der Waals surface area contributed by atoms with Crippen molar-refractivity contribution in [1.29, 1.82) is 0 Å². The molecule has 2 atom stereocenters. The molecule has 0 aliphatic heterocycles. The van der Waals surface area contributed by atoms with Gasteiger partial charge in [-0.2, -0.15) is 4.98 Å². The Morgan fingerprint density at radius 3 is 2.52 bits per heavy atom. The molecule has 0 saturated carbocycles. The van der Waals surface area contributed by atoms with Crippen LogP contribution in [0, 0.1) is 17.6 Å². The van der Waals surface area contributed by atoms with E-state index in [0.29, 0.717) is 12.3 Å². The highest BCUT2D eigenvalue weighted by Gasteiger charge is 2.24. The molecule has 0 fully saturated rings. The monoisotopic (exact) mass is 580 g/mol. The molecule has 40 heavy (non-hydrogen) atoms. The zero-order valence-corrected chi connectivity index (χ0v) is 23.3. The number of benzene rings is 2. The Labute approximate surface area is 232 Å². The quantitative estimate of drug-likeness (QED) is 0.215. The van der Waals surface area contributed by atoms with Crippen LogP contribution >= 0.6 is 0 Å². The number of anilines is 1. The number of hydrogen-bond acceptors (Lipinski definition) is 8. The first-order valence-corrected chi connectivity index (χ1v) is 14.3. The lowest BCUT2D eigenvalue weighted by atomic mass is 10.00. The number of aliphatic hydroxyl groups excluding tert-OH is 1.